The first-order chi connectivity index (χ1) is 14.0. The van der Waals surface area contributed by atoms with E-state index in [1.165, 1.54) is 24.3 Å². The zero-order valence-corrected chi connectivity index (χ0v) is 16.4. The number of nitrogens with one attached hydrogen (secondary N) is 3. The van der Waals surface area contributed by atoms with Gasteiger partial charge in [-0.1, -0.05) is 0 Å². The summed E-state index contributed by atoms with van der Waals surface area (Å²) in [6.45, 7) is 2.47. The Morgan fingerprint density at radius 2 is 1.69 bits per heavy atom. The highest BCUT2D eigenvalue weighted by Gasteiger charge is 2.12. The summed E-state index contributed by atoms with van der Waals surface area (Å²) < 4.78 is 26.9. The first kappa shape index (κ1) is 20.2. The third-order valence-electron chi connectivity index (χ3n) is 3.85. The van der Waals surface area contributed by atoms with E-state index in [2.05, 4.69) is 30.5 Å². The molecule has 9 nitrogen and oxygen atoms in total. The number of hydrogen-bond donors (Lipinski definition) is 3. The van der Waals surface area contributed by atoms with E-state index >= 15 is 0 Å². The largest absolute Gasteiger partial charge is 0.367 e. The molecule has 0 radical (unpaired) electrons. The first-order valence-corrected chi connectivity index (χ1v) is 10.2. The molecule has 0 unspecified atom stereocenters. The predicted octanol–water partition coefficient (Wildman–Crippen LogP) is 2.19. The number of nitriles is 1. The van der Waals surface area contributed by atoms with Crippen molar-refractivity contribution in [1.29, 1.82) is 5.26 Å². The standard InChI is InChI=1S/C19H19N7O2S/c1-14-8-9-21-19(12-14)24-18-7-6-17(25-26-18)22-10-11-23-29(27,28)16-4-2-15(13-20)3-5-16/h2-9,12,23H,10-11H2,1H3,(H,22,25)(H,21,24,26). The van der Waals surface area contributed by atoms with Gasteiger partial charge < -0.3 is 10.6 Å². The quantitative estimate of drug-likeness (QED) is 0.482. The fourth-order valence-corrected chi connectivity index (χ4v) is 3.43. The molecule has 3 rings (SSSR count). The molecule has 0 aliphatic heterocycles. The number of sulfonamides is 1. The van der Waals surface area contributed by atoms with Gasteiger partial charge in [-0.2, -0.15) is 5.26 Å². The Kier molecular flexibility index (Phi) is 6.33. The Hall–Kier alpha value is -3.55. The maximum Gasteiger partial charge on any atom is 0.240 e. The second-order valence-corrected chi connectivity index (χ2v) is 7.87. The fraction of sp³-hybridized carbons (Fsp3) is 0.158. The fourth-order valence-electron chi connectivity index (χ4n) is 2.40. The molecule has 10 heteroatoms. The van der Waals surface area contributed by atoms with Gasteiger partial charge in [0.05, 0.1) is 16.5 Å². The minimum absolute atomic E-state index is 0.108. The van der Waals surface area contributed by atoms with E-state index in [0.29, 0.717) is 29.6 Å². The van der Waals surface area contributed by atoms with Crippen molar-refractivity contribution in [2.75, 3.05) is 23.7 Å². The van der Waals surface area contributed by atoms with Gasteiger partial charge in [0.1, 0.15) is 11.6 Å². The first-order valence-electron chi connectivity index (χ1n) is 8.73. The molecule has 0 aliphatic rings. The van der Waals surface area contributed by atoms with Crippen molar-refractivity contribution in [2.24, 2.45) is 0 Å². The Morgan fingerprint density at radius 1 is 0.966 bits per heavy atom. The lowest BCUT2D eigenvalue weighted by Crippen LogP contribution is -2.29. The Bertz CT molecular complexity index is 1110. The van der Waals surface area contributed by atoms with Crippen molar-refractivity contribution in [2.45, 2.75) is 11.8 Å². The minimum Gasteiger partial charge on any atom is -0.367 e. The summed E-state index contributed by atoms with van der Waals surface area (Å²) in [5, 5.41) is 23.0. The molecule has 2 aromatic heterocycles. The maximum absolute atomic E-state index is 12.2. The van der Waals surface area contributed by atoms with E-state index in [0.717, 1.165) is 5.56 Å². The highest BCUT2D eigenvalue weighted by molar-refractivity contribution is 7.89. The molecule has 0 bridgehead atoms. The summed E-state index contributed by atoms with van der Waals surface area (Å²) >= 11 is 0. The van der Waals surface area contributed by atoms with E-state index < -0.39 is 10.0 Å². The van der Waals surface area contributed by atoms with Crippen molar-refractivity contribution in [3.8, 4) is 6.07 Å². The second kappa shape index (κ2) is 9.09. The van der Waals surface area contributed by atoms with E-state index in [1.54, 1.807) is 18.3 Å². The summed E-state index contributed by atoms with van der Waals surface area (Å²) in [6, 6.07) is 15.0. The van der Waals surface area contributed by atoms with E-state index in [9.17, 15) is 8.42 Å². The summed E-state index contributed by atoms with van der Waals surface area (Å²) in [4.78, 5) is 4.31. The van der Waals surface area contributed by atoms with E-state index in [1.807, 2.05) is 25.1 Å². The summed E-state index contributed by atoms with van der Waals surface area (Å²) in [5.74, 6) is 1.75. The van der Waals surface area contributed by atoms with Crippen LogP contribution in [0.3, 0.4) is 0 Å². The van der Waals surface area contributed by atoms with Crippen LogP contribution in [-0.4, -0.2) is 36.7 Å². The van der Waals surface area contributed by atoms with Gasteiger partial charge in [0.15, 0.2) is 5.82 Å². The smallest absolute Gasteiger partial charge is 0.240 e. The number of rotatable bonds is 8. The Balaban J connectivity index is 1.48. The van der Waals surface area contributed by atoms with Crippen molar-refractivity contribution >= 4 is 27.5 Å². The zero-order valence-electron chi connectivity index (χ0n) is 15.6. The predicted molar refractivity (Wildman–Crippen MR) is 109 cm³/mol. The summed E-state index contributed by atoms with van der Waals surface area (Å²) in [7, 11) is -3.64. The van der Waals surface area contributed by atoms with Crippen LogP contribution in [0.5, 0.6) is 0 Å². The highest BCUT2D eigenvalue weighted by Crippen LogP contribution is 2.13. The van der Waals surface area contributed by atoms with Crippen molar-refractivity contribution < 1.29 is 8.42 Å². The van der Waals surface area contributed by atoms with E-state index in [4.69, 9.17) is 5.26 Å². The zero-order chi connectivity index (χ0) is 20.7. The number of hydrogen-bond acceptors (Lipinski definition) is 8. The van der Waals surface area contributed by atoms with E-state index in [-0.39, 0.29) is 11.4 Å². The number of nitrogens with zero attached hydrogens (tertiary/aromatic N) is 4. The average molecular weight is 409 g/mol. The molecular formula is C19H19N7O2S. The Morgan fingerprint density at radius 3 is 2.34 bits per heavy atom. The molecule has 0 atom stereocenters. The van der Waals surface area contributed by atoms with Crippen molar-refractivity contribution in [3.05, 3.63) is 65.9 Å². The second-order valence-electron chi connectivity index (χ2n) is 6.11. The summed E-state index contributed by atoms with van der Waals surface area (Å²) in [5.41, 5.74) is 1.48. The molecule has 2 heterocycles. The molecule has 0 saturated carbocycles. The van der Waals surface area contributed by atoms with Crippen LogP contribution in [0.2, 0.25) is 0 Å². The number of pyridine rings is 1. The van der Waals surface area contributed by atoms with Gasteiger partial charge >= 0.3 is 0 Å². The third kappa shape index (κ3) is 5.71. The lowest BCUT2D eigenvalue weighted by molar-refractivity contribution is 0.583. The van der Waals surface area contributed by atoms with Crippen LogP contribution in [0.1, 0.15) is 11.1 Å². The van der Waals surface area contributed by atoms with Crippen LogP contribution in [0.4, 0.5) is 17.5 Å². The molecular weight excluding hydrogens is 390 g/mol. The highest BCUT2D eigenvalue weighted by atomic mass is 32.2. The van der Waals surface area contributed by atoms with Gasteiger partial charge in [0.2, 0.25) is 10.0 Å². The van der Waals surface area contributed by atoms with Crippen LogP contribution >= 0.6 is 0 Å². The number of benzene rings is 1. The van der Waals surface area contributed by atoms with Crippen LogP contribution in [0, 0.1) is 18.3 Å². The molecule has 29 heavy (non-hydrogen) atoms. The minimum atomic E-state index is -3.64. The molecule has 0 saturated heterocycles. The molecule has 1 aromatic carbocycles. The number of aryl methyl sites for hydroxylation is 1. The monoisotopic (exact) mass is 409 g/mol. The average Bonchev–Trinajstić information content (AvgIpc) is 2.72. The van der Waals surface area contributed by atoms with Crippen LogP contribution in [0.25, 0.3) is 0 Å². The lowest BCUT2D eigenvalue weighted by atomic mass is 10.2. The summed E-state index contributed by atoms with van der Waals surface area (Å²) in [6.07, 6.45) is 1.71. The molecule has 148 valence electrons. The van der Waals surface area contributed by atoms with Gasteiger partial charge in [-0.25, -0.2) is 18.1 Å². The van der Waals surface area contributed by atoms with Gasteiger partial charge in [0, 0.05) is 19.3 Å². The van der Waals surface area contributed by atoms with Crippen LogP contribution in [-0.2, 0) is 10.0 Å². The van der Waals surface area contributed by atoms with Gasteiger partial charge in [-0.3, -0.25) is 0 Å². The molecule has 3 N–H and O–H groups in total. The number of aromatic nitrogens is 3. The normalized spacial score (nSPS) is 10.9. The van der Waals surface area contributed by atoms with Gasteiger partial charge in [-0.15, -0.1) is 10.2 Å². The molecule has 3 aromatic rings. The Labute approximate surface area is 168 Å². The third-order valence-corrected chi connectivity index (χ3v) is 5.33. The van der Waals surface area contributed by atoms with Gasteiger partial charge in [-0.05, 0) is 61.0 Å². The van der Waals surface area contributed by atoms with Crippen molar-refractivity contribution in [3.63, 3.8) is 0 Å². The van der Waals surface area contributed by atoms with Crippen LogP contribution < -0.4 is 15.4 Å². The molecule has 0 spiro atoms. The number of anilines is 3. The lowest BCUT2D eigenvalue weighted by Gasteiger charge is -2.09. The van der Waals surface area contributed by atoms with Crippen LogP contribution in [0.15, 0.2) is 59.6 Å². The van der Waals surface area contributed by atoms with Crippen molar-refractivity contribution in [1.82, 2.24) is 19.9 Å². The van der Waals surface area contributed by atoms with Gasteiger partial charge in [0.25, 0.3) is 0 Å². The molecule has 0 aliphatic carbocycles. The molecule has 0 fully saturated rings. The maximum atomic E-state index is 12.2. The topological polar surface area (TPSA) is 133 Å². The molecule has 0 amide bonds. The SMILES string of the molecule is Cc1ccnc(Nc2ccc(NCCNS(=O)(=O)c3ccc(C#N)cc3)nn2)c1.